The molecule has 1 N–H and O–H groups in total. The van der Waals surface area contributed by atoms with Gasteiger partial charge in [0, 0.05) is 15.7 Å². The maximum Gasteiger partial charge on any atom is 0.259 e. The van der Waals surface area contributed by atoms with Gasteiger partial charge in [0.2, 0.25) is 0 Å². The van der Waals surface area contributed by atoms with Crippen LogP contribution in [0.5, 0.6) is 5.75 Å². The van der Waals surface area contributed by atoms with Gasteiger partial charge in [-0.1, -0.05) is 28.1 Å². The van der Waals surface area contributed by atoms with Crippen LogP contribution in [0.3, 0.4) is 0 Å². The van der Waals surface area contributed by atoms with Gasteiger partial charge in [-0.25, -0.2) is 0 Å². The van der Waals surface area contributed by atoms with Gasteiger partial charge in [-0.15, -0.1) is 0 Å². The standard InChI is InChI=1S/C17H16BrNO3/c1-10-7-13(18)9-15(16(10)22-3)17(21)19-14-6-4-5-12(8-14)11(2)20/h4-9H,1-3H3,(H,19,21). The van der Waals surface area contributed by atoms with E-state index in [2.05, 4.69) is 21.2 Å². The summed E-state index contributed by atoms with van der Waals surface area (Å²) in [7, 11) is 1.53. The van der Waals surface area contributed by atoms with Crippen molar-refractivity contribution >= 4 is 33.3 Å². The van der Waals surface area contributed by atoms with Crippen molar-refractivity contribution in [3.63, 3.8) is 0 Å². The van der Waals surface area contributed by atoms with E-state index in [0.717, 1.165) is 10.0 Å². The number of halogens is 1. The van der Waals surface area contributed by atoms with Crippen molar-refractivity contribution in [2.75, 3.05) is 12.4 Å². The molecule has 2 rings (SSSR count). The van der Waals surface area contributed by atoms with Gasteiger partial charge < -0.3 is 10.1 Å². The second kappa shape index (κ2) is 6.75. The highest BCUT2D eigenvalue weighted by Gasteiger charge is 2.16. The van der Waals surface area contributed by atoms with E-state index in [4.69, 9.17) is 4.74 Å². The number of nitrogens with one attached hydrogen (secondary N) is 1. The predicted molar refractivity (Wildman–Crippen MR) is 89.8 cm³/mol. The van der Waals surface area contributed by atoms with Crippen LogP contribution in [0.25, 0.3) is 0 Å². The third-order valence-corrected chi connectivity index (χ3v) is 3.67. The number of hydrogen-bond donors (Lipinski definition) is 1. The van der Waals surface area contributed by atoms with Gasteiger partial charge in [0.15, 0.2) is 5.78 Å². The van der Waals surface area contributed by atoms with Crippen molar-refractivity contribution in [3.8, 4) is 5.75 Å². The molecule has 0 spiro atoms. The van der Waals surface area contributed by atoms with Crippen molar-refractivity contribution in [1.29, 1.82) is 0 Å². The maximum atomic E-state index is 12.5. The van der Waals surface area contributed by atoms with Crippen LogP contribution in [-0.2, 0) is 0 Å². The summed E-state index contributed by atoms with van der Waals surface area (Å²) in [6.07, 6.45) is 0. The highest BCUT2D eigenvalue weighted by molar-refractivity contribution is 9.10. The Kier molecular flexibility index (Phi) is 4.98. The molecule has 0 bridgehead atoms. The van der Waals surface area contributed by atoms with E-state index in [9.17, 15) is 9.59 Å². The molecule has 1 amide bonds. The molecule has 0 saturated heterocycles. The van der Waals surface area contributed by atoms with Gasteiger partial charge in [-0.3, -0.25) is 9.59 Å². The molecule has 5 heteroatoms. The second-order valence-corrected chi connectivity index (χ2v) is 5.81. The molecule has 0 aliphatic carbocycles. The van der Waals surface area contributed by atoms with Gasteiger partial charge in [-0.05, 0) is 43.7 Å². The van der Waals surface area contributed by atoms with Crippen LogP contribution in [0.2, 0.25) is 0 Å². The summed E-state index contributed by atoms with van der Waals surface area (Å²) in [5.41, 5.74) is 2.41. The first-order valence-electron chi connectivity index (χ1n) is 6.69. The van der Waals surface area contributed by atoms with E-state index in [1.165, 1.54) is 14.0 Å². The molecule has 114 valence electrons. The lowest BCUT2D eigenvalue weighted by Crippen LogP contribution is -2.14. The quantitative estimate of drug-likeness (QED) is 0.829. The molecule has 0 fully saturated rings. The number of ether oxygens (including phenoxy) is 1. The molecule has 0 aliphatic rings. The number of ketones is 1. The Balaban J connectivity index is 2.34. The fourth-order valence-electron chi connectivity index (χ4n) is 2.18. The number of carbonyl (C=O) groups is 2. The van der Waals surface area contributed by atoms with Gasteiger partial charge in [-0.2, -0.15) is 0 Å². The topological polar surface area (TPSA) is 55.4 Å². The zero-order valence-corrected chi connectivity index (χ0v) is 14.2. The Hall–Kier alpha value is -2.14. The summed E-state index contributed by atoms with van der Waals surface area (Å²) in [6.45, 7) is 3.36. The number of Topliss-reactive ketones (excluding diaryl/α,β-unsaturated/α-hetero) is 1. The normalized spacial score (nSPS) is 10.2. The smallest absolute Gasteiger partial charge is 0.259 e. The molecule has 0 aliphatic heterocycles. The Morgan fingerprint density at radius 2 is 1.91 bits per heavy atom. The summed E-state index contributed by atoms with van der Waals surface area (Å²) >= 11 is 3.38. The summed E-state index contributed by atoms with van der Waals surface area (Å²) < 4.78 is 6.12. The SMILES string of the molecule is COc1c(C)cc(Br)cc1C(=O)Nc1cccc(C(C)=O)c1. The minimum Gasteiger partial charge on any atom is -0.496 e. The van der Waals surface area contributed by atoms with Gasteiger partial charge >= 0.3 is 0 Å². The highest BCUT2D eigenvalue weighted by atomic mass is 79.9. The Morgan fingerprint density at radius 1 is 1.18 bits per heavy atom. The molecule has 0 radical (unpaired) electrons. The average Bonchev–Trinajstić information content (AvgIpc) is 2.46. The van der Waals surface area contributed by atoms with Crippen LogP contribution in [-0.4, -0.2) is 18.8 Å². The fraction of sp³-hybridized carbons (Fsp3) is 0.176. The second-order valence-electron chi connectivity index (χ2n) is 4.89. The van der Waals surface area contributed by atoms with Crippen LogP contribution < -0.4 is 10.1 Å². The first-order valence-corrected chi connectivity index (χ1v) is 7.48. The Morgan fingerprint density at radius 3 is 2.55 bits per heavy atom. The van der Waals surface area contributed by atoms with Gasteiger partial charge in [0.05, 0.1) is 12.7 Å². The number of anilines is 1. The highest BCUT2D eigenvalue weighted by Crippen LogP contribution is 2.28. The number of carbonyl (C=O) groups excluding carboxylic acids is 2. The summed E-state index contributed by atoms with van der Waals surface area (Å²) in [5.74, 6) is 0.192. The van der Waals surface area contributed by atoms with E-state index in [0.29, 0.717) is 22.6 Å². The summed E-state index contributed by atoms with van der Waals surface area (Å²) in [4.78, 5) is 23.9. The number of benzene rings is 2. The molecule has 0 unspecified atom stereocenters. The molecule has 0 aromatic heterocycles. The van der Waals surface area contributed by atoms with Crippen molar-refractivity contribution in [1.82, 2.24) is 0 Å². The minimum atomic E-state index is -0.290. The number of methoxy groups -OCH3 is 1. The molecule has 2 aromatic rings. The van der Waals surface area contributed by atoms with E-state index >= 15 is 0 Å². The lowest BCUT2D eigenvalue weighted by molar-refractivity contribution is 0.101. The van der Waals surface area contributed by atoms with E-state index in [-0.39, 0.29) is 11.7 Å². The van der Waals surface area contributed by atoms with Crippen molar-refractivity contribution < 1.29 is 14.3 Å². The molecule has 0 atom stereocenters. The minimum absolute atomic E-state index is 0.0491. The molecule has 22 heavy (non-hydrogen) atoms. The molecular weight excluding hydrogens is 346 g/mol. The molecule has 0 heterocycles. The lowest BCUT2D eigenvalue weighted by Gasteiger charge is -2.13. The van der Waals surface area contributed by atoms with Gasteiger partial charge in [0.25, 0.3) is 5.91 Å². The Labute approximate surface area is 137 Å². The summed E-state index contributed by atoms with van der Waals surface area (Å²) in [5, 5.41) is 2.79. The third-order valence-electron chi connectivity index (χ3n) is 3.22. The molecule has 2 aromatic carbocycles. The number of hydrogen-bond acceptors (Lipinski definition) is 3. The van der Waals surface area contributed by atoms with Crippen molar-refractivity contribution in [2.45, 2.75) is 13.8 Å². The maximum absolute atomic E-state index is 12.5. The number of rotatable bonds is 4. The predicted octanol–water partition coefficient (Wildman–Crippen LogP) is 4.22. The first kappa shape index (κ1) is 16.2. The van der Waals surface area contributed by atoms with E-state index in [1.807, 2.05) is 13.0 Å². The van der Waals surface area contributed by atoms with Crippen LogP contribution in [0.15, 0.2) is 40.9 Å². The fourth-order valence-corrected chi connectivity index (χ4v) is 2.76. The van der Waals surface area contributed by atoms with Gasteiger partial charge in [0.1, 0.15) is 5.75 Å². The van der Waals surface area contributed by atoms with Crippen LogP contribution in [0.4, 0.5) is 5.69 Å². The van der Waals surface area contributed by atoms with Crippen LogP contribution >= 0.6 is 15.9 Å². The number of amides is 1. The first-order chi connectivity index (χ1) is 10.4. The molecular formula is C17H16BrNO3. The summed E-state index contributed by atoms with van der Waals surface area (Å²) in [6, 6.07) is 10.4. The van der Waals surface area contributed by atoms with E-state index < -0.39 is 0 Å². The lowest BCUT2D eigenvalue weighted by atomic mass is 10.1. The molecule has 4 nitrogen and oxygen atoms in total. The third kappa shape index (κ3) is 3.54. The van der Waals surface area contributed by atoms with Crippen LogP contribution in [0, 0.1) is 6.92 Å². The number of aryl methyl sites for hydroxylation is 1. The zero-order valence-electron chi connectivity index (χ0n) is 12.6. The molecule has 0 saturated carbocycles. The van der Waals surface area contributed by atoms with Crippen molar-refractivity contribution in [2.24, 2.45) is 0 Å². The van der Waals surface area contributed by atoms with Crippen molar-refractivity contribution in [3.05, 3.63) is 57.6 Å². The average molecular weight is 362 g/mol. The van der Waals surface area contributed by atoms with Crippen LogP contribution in [0.1, 0.15) is 33.2 Å². The largest absolute Gasteiger partial charge is 0.496 e. The monoisotopic (exact) mass is 361 g/mol. The van der Waals surface area contributed by atoms with E-state index in [1.54, 1.807) is 30.3 Å². The zero-order chi connectivity index (χ0) is 16.3. The Bertz CT molecular complexity index is 741.